The van der Waals surface area contributed by atoms with Crippen LogP contribution < -0.4 is 0 Å². The number of hydrogen-bond acceptors (Lipinski definition) is 21. The van der Waals surface area contributed by atoms with Crippen LogP contribution in [0, 0.1) is 17.8 Å². The first-order valence-corrected chi connectivity index (χ1v) is 27.2. The summed E-state index contributed by atoms with van der Waals surface area (Å²) in [5.41, 5.74) is 0. The highest BCUT2D eigenvalue weighted by Gasteiger charge is 2.51. The Kier molecular flexibility index (Phi) is 30.8. The molecule has 0 aliphatic carbocycles. The van der Waals surface area contributed by atoms with Gasteiger partial charge in [0.1, 0.15) is 18.1 Å². The SMILES string of the molecule is COC(=O)CCCN(CCCC(=O)OC)[C@@H]1[C@H](O)[C@H](O[C@H]2/C=C/C=C/C=C/C=C/C=C/C=C/C=C/[C@H](C)[C@@H](O)[C@@H](C)[C@H](C)OC(=O)C[C@H](O)C[C@H](O)CC[C@@H](O)[C@H](O)C[C@H](O)C[C@]3(O)C[C@H](O)[C@@H](C(=O)O)C(C2)O3)O[C@H](C)[C@H]1O. The van der Waals surface area contributed by atoms with Crippen molar-refractivity contribution in [2.24, 2.45) is 17.8 Å². The van der Waals surface area contributed by atoms with Crippen LogP contribution in [-0.4, -0.2) is 210 Å². The second-order valence-corrected chi connectivity index (χ2v) is 20.9. The molecular weight excluding hydrogens is 1030 g/mol. The predicted molar refractivity (Wildman–Crippen MR) is 287 cm³/mol. The Morgan fingerprint density at radius 1 is 0.633 bits per heavy atom. The second kappa shape index (κ2) is 35.4. The fourth-order valence-corrected chi connectivity index (χ4v) is 9.81. The number of allylic oxidation sites excluding steroid dienone is 12. The van der Waals surface area contributed by atoms with E-state index in [1.165, 1.54) is 20.3 Å². The van der Waals surface area contributed by atoms with Crippen LogP contribution in [0.25, 0.3) is 0 Å². The minimum absolute atomic E-state index is 0.0174. The monoisotopic (exact) mass is 1120 g/mol. The number of methoxy groups -OCH3 is 2. The van der Waals surface area contributed by atoms with Gasteiger partial charge in [-0.25, -0.2) is 0 Å². The maximum absolute atomic E-state index is 12.8. The number of carboxylic acid groups (broad SMARTS) is 1. The first-order valence-electron chi connectivity index (χ1n) is 27.2. The van der Waals surface area contributed by atoms with Gasteiger partial charge in [-0.15, -0.1) is 0 Å². The minimum Gasteiger partial charge on any atom is -0.481 e. The molecule has 0 spiro atoms. The van der Waals surface area contributed by atoms with E-state index >= 15 is 0 Å². The van der Waals surface area contributed by atoms with Gasteiger partial charge in [0.05, 0.1) is 93.8 Å². The average molecular weight is 1120 g/mol. The van der Waals surface area contributed by atoms with Crippen molar-refractivity contribution in [2.45, 2.75) is 202 Å². The first-order chi connectivity index (χ1) is 37.4. The molecule has 22 heteroatoms. The van der Waals surface area contributed by atoms with Gasteiger partial charge in [-0.05, 0) is 59.0 Å². The molecule has 19 atom stereocenters. The van der Waals surface area contributed by atoms with Gasteiger partial charge in [-0.3, -0.25) is 24.1 Å². The number of carbonyl (C=O) groups excluding carboxylic acids is 3. The van der Waals surface area contributed by atoms with E-state index in [0.717, 1.165) is 0 Å². The number of carboxylic acids is 1. The summed E-state index contributed by atoms with van der Waals surface area (Å²) in [6, 6.07) is -1.08. The molecule has 0 aromatic heterocycles. The molecule has 0 radical (unpaired) electrons. The zero-order chi connectivity index (χ0) is 58.8. The largest absolute Gasteiger partial charge is 0.481 e. The Morgan fingerprint density at radius 2 is 1.18 bits per heavy atom. The van der Waals surface area contributed by atoms with Gasteiger partial charge in [0.2, 0.25) is 0 Å². The molecule has 0 amide bonds. The smallest absolute Gasteiger partial charge is 0.311 e. The average Bonchev–Trinajstić information content (AvgIpc) is 3.42. The number of cyclic esters (lactones) is 1. The van der Waals surface area contributed by atoms with E-state index in [0.29, 0.717) is 0 Å². The summed E-state index contributed by atoms with van der Waals surface area (Å²) in [5.74, 6) is -8.03. The van der Waals surface area contributed by atoms with Crippen LogP contribution in [0.5, 0.6) is 0 Å². The number of aliphatic carboxylic acids is 1. The molecule has 3 aliphatic heterocycles. The summed E-state index contributed by atoms with van der Waals surface area (Å²) in [5, 5.41) is 122. The Bertz CT molecular complexity index is 2040. The lowest BCUT2D eigenvalue weighted by molar-refractivity contribution is -0.312. The van der Waals surface area contributed by atoms with E-state index in [4.69, 9.17) is 28.4 Å². The van der Waals surface area contributed by atoms with E-state index in [-0.39, 0.29) is 64.0 Å². The molecule has 0 saturated carbocycles. The quantitative estimate of drug-likeness (QED) is 0.0983. The van der Waals surface area contributed by atoms with Crippen LogP contribution in [0.1, 0.15) is 105 Å². The lowest BCUT2D eigenvalue weighted by Crippen LogP contribution is -2.64. The molecule has 22 nitrogen and oxygen atoms in total. The molecule has 2 bridgehead atoms. The zero-order valence-corrected chi connectivity index (χ0v) is 46.3. The van der Waals surface area contributed by atoms with Crippen molar-refractivity contribution in [3.05, 3.63) is 85.1 Å². The van der Waals surface area contributed by atoms with Crippen molar-refractivity contribution < 1.29 is 104 Å². The topological polar surface area (TPSA) is 349 Å². The van der Waals surface area contributed by atoms with Crippen molar-refractivity contribution in [1.29, 1.82) is 0 Å². The third-order valence-corrected chi connectivity index (χ3v) is 14.5. The molecule has 11 N–H and O–H groups in total. The molecule has 3 rings (SSSR count). The number of carbonyl (C=O) groups is 4. The van der Waals surface area contributed by atoms with Gasteiger partial charge in [-0.2, -0.15) is 0 Å². The molecule has 3 heterocycles. The summed E-state index contributed by atoms with van der Waals surface area (Å²) >= 11 is 0. The number of fused-ring (bicyclic) bond motifs is 2. The molecule has 0 aromatic carbocycles. The third-order valence-electron chi connectivity index (χ3n) is 14.5. The Hall–Kier alpha value is -4.50. The van der Waals surface area contributed by atoms with E-state index in [1.54, 1.807) is 98.6 Å². The zero-order valence-electron chi connectivity index (χ0n) is 46.3. The Balaban J connectivity index is 1.98. The van der Waals surface area contributed by atoms with E-state index < -0.39 is 165 Å². The lowest BCUT2D eigenvalue weighted by Gasteiger charge is -2.47. The highest BCUT2D eigenvalue weighted by atomic mass is 16.7. The summed E-state index contributed by atoms with van der Waals surface area (Å²) in [7, 11) is 2.50. The van der Waals surface area contributed by atoms with Crippen LogP contribution >= 0.6 is 0 Å². The second-order valence-electron chi connectivity index (χ2n) is 20.9. The van der Waals surface area contributed by atoms with Crippen LogP contribution in [0.3, 0.4) is 0 Å². The van der Waals surface area contributed by atoms with Crippen molar-refractivity contribution in [2.75, 3.05) is 27.3 Å². The van der Waals surface area contributed by atoms with Crippen LogP contribution in [0.2, 0.25) is 0 Å². The normalized spacial score (nSPS) is 39.4. The standard InChI is InChI=1S/C57H89NO21/c1-35-21-17-15-13-11-9-7-8-10-12-14-16-18-22-42(78-56-54(70)51(53(69)38(4)77-56)58(27-19-23-47(65)74-5)28-20-24-48(66)75-6)32-46-50(55(71)72)45(64)34-57(73,79-46)33-41(61)30-44(63)43(62)26-25-39(59)29-40(60)31-49(67)76-37(3)36(2)52(35)68/h7-18,21-22,35-46,50-54,56,59-64,68-70,73H,19-20,23-34H2,1-6H3,(H,71,72)/b8-7+,11-9+,12-10+,15-13+,16-14+,21-17+,22-18+/t35-,36-,37-,38+,39+,40+,41-,42-,43+,44+,45-,46?,50+,51-,52+,53+,54-,56-,57+/m0/s1. The van der Waals surface area contributed by atoms with Gasteiger partial charge < -0.3 is 84.6 Å². The third kappa shape index (κ3) is 24.2. The number of nitrogens with zero attached hydrogens (tertiary/aromatic N) is 1. The Morgan fingerprint density at radius 3 is 1.72 bits per heavy atom. The Labute approximate surface area is 463 Å². The maximum Gasteiger partial charge on any atom is 0.311 e. The van der Waals surface area contributed by atoms with Crippen molar-refractivity contribution in [1.82, 2.24) is 4.90 Å². The molecule has 1 unspecified atom stereocenters. The summed E-state index contributed by atoms with van der Waals surface area (Å²) < 4.78 is 33.5. The lowest BCUT2D eigenvalue weighted by atomic mass is 9.82. The number of hydrogen-bond donors (Lipinski definition) is 11. The van der Waals surface area contributed by atoms with Gasteiger partial charge in [0.15, 0.2) is 12.1 Å². The summed E-state index contributed by atoms with van der Waals surface area (Å²) in [6.07, 6.45) is 2.64. The number of ether oxygens (including phenoxy) is 6. The fourth-order valence-electron chi connectivity index (χ4n) is 9.81. The summed E-state index contributed by atoms with van der Waals surface area (Å²) in [6.45, 7) is 7.09. The molecule has 2 fully saturated rings. The maximum atomic E-state index is 12.8. The number of esters is 3. The van der Waals surface area contributed by atoms with E-state index in [9.17, 15) is 75.3 Å². The molecule has 0 aromatic rings. The van der Waals surface area contributed by atoms with Crippen molar-refractivity contribution >= 4 is 23.9 Å². The number of aliphatic hydroxyl groups excluding tert-OH is 9. The van der Waals surface area contributed by atoms with E-state index in [2.05, 4.69) is 0 Å². The number of aliphatic hydroxyl groups is 10. The number of rotatable bonds is 12. The van der Waals surface area contributed by atoms with E-state index in [1.807, 2.05) is 13.0 Å². The van der Waals surface area contributed by atoms with Crippen molar-refractivity contribution in [3.8, 4) is 0 Å². The van der Waals surface area contributed by atoms with Crippen LogP contribution in [-0.2, 0) is 47.6 Å². The van der Waals surface area contributed by atoms with Gasteiger partial charge >= 0.3 is 23.9 Å². The highest BCUT2D eigenvalue weighted by Crippen LogP contribution is 2.38. The predicted octanol–water partition coefficient (Wildman–Crippen LogP) is 1.96. The van der Waals surface area contributed by atoms with Crippen LogP contribution in [0.15, 0.2) is 85.1 Å². The molecule has 448 valence electrons. The molecule has 2 saturated heterocycles. The first kappa shape index (κ1) is 68.8. The fraction of sp³-hybridized carbons (Fsp3) is 0.684. The summed E-state index contributed by atoms with van der Waals surface area (Å²) in [4.78, 5) is 51.3. The molecule has 3 aliphatic rings. The van der Waals surface area contributed by atoms with Gasteiger partial charge in [-0.1, -0.05) is 98.9 Å². The van der Waals surface area contributed by atoms with Crippen LogP contribution in [0.4, 0.5) is 0 Å². The van der Waals surface area contributed by atoms with Crippen molar-refractivity contribution in [3.63, 3.8) is 0 Å². The molecule has 79 heavy (non-hydrogen) atoms. The minimum atomic E-state index is -2.40. The molecular formula is C57H89NO21. The van der Waals surface area contributed by atoms with Gasteiger partial charge in [0, 0.05) is 50.4 Å². The highest BCUT2D eigenvalue weighted by molar-refractivity contribution is 5.72. The van der Waals surface area contributed by atoms with Gasteiger partial charge in [0.25, 0.3) is 0 Å².